The molecule has 1 aromatic heterocycles. The molecule has 1 aromatic carbocycles. The first kappa shape index (κ1) is 7.28. The Balaban J connectivity index is 2.78. The number of para-hydroxylation sites is 1. The molecule has 2 aromatic rings. The summed E-state index contributed by atoms with van der Waals surface area (Å²) < 4.78 is 17.6. The van der Waals surface area contributed by atoms with Crippen LogP contribution in [0.4, 0.5) is 4.39 Å². The molecule has 3 heteroatoms. The Hall–Kier alpha value is -1.38. The fraction of sp³-hybridized carbons (Fsp3) is 0.222. The van der Waals surface area contributed by atoms with Crippen LogP contribution < -0.4 is 0 Å². The number of rotatable bonds is 1. The van der Waals surface area contributed by atoms with Crippen molar-refractivity contribution >= 4 is 11.1 Å². The first-order valence-corrected chi connectivity index (χ1v) is 3.72. The Kier molecular flexibility index (Phi) is 1.57. The van der Waals surface area contributed by atoms with Gasteiger partial charge in [0, 0.05) is 12.5 Å². The molecule has 0 bridgehead atoms. The van der Waals surface area contributed by atoms with E-state index in [1.807, 2.05) is 6.07 Å². The highest BCUT2D eigenvalue weighted by Gasteiger charge is 2.05. The zero-order chi connectivity index (χ0) is 8.55. The molecule has 0 aliphatic carbocycles. The monoisotopic (exact) mass is 165 g/mol. The van der Waals surface area contributed by atoms with Crippen LogP contribution >= 0.6 is 0 Å². The number of nitrogens with zero attached hydrogens (tertiary/aromatic N) is 1. The van der Waals surface area contributed by atoms with Gasteiger partial charge in [-0.3, -0.25) is 0 Å². The van der Waals surface area contributed by atoms with Crippen molar-refractivity contribution in [1.82, 2.24) is 4.98 Å². The van der Waals surface area contributed by atoms with E-state index in [0.717, 1.165) is 5.52 Å². The normalized spacial score (nSPS) is 10.8. The van der Waals surface area contributed by atoms with Gasteiger partial charge >= 0.3 is 0 Å². The molecular formula is C9H8FNO. The fourth-order valence-corrected chi connectivity index (χ4v) is 1.22. The van der Waals surface area contributed by atoms with Gasteiger partial charge in [0.15, 0.2) is 11.5 Å². The minimum absolute atomic E-state index is 0.508. The van der Waals surface area contributed by atoms with E-state index in [-0.39, 0.29) is 0 Å². The van der Waals surface area contributed by atoms with Crippen LogP contribution in [0.3, 0.4) is 0 Å². The standard InChI is InChI=1S/C9H8FNO/c1-6-11-8-4-2-3-7(5-10)9(8)12-6/h2-4H,5H2,1H3. The van der Waals surface area contributed by atoms with E-state index >= 15 is 0 Å². The van der Waals surface area contributed by atoms with Crippen molar-refractivity contribution in [3.8, 4) is 0 Å². The van der Waals surface area contributed by atoms with Gasteiger partial charge in [0.2, 0.25) is 0 Å². The summed E-state index contributed by atoms with van der Waals surface area (Å²) in [6, 6.07) is 5.29. The smallest absolute Gasteiger partial charge is 0.192 e. The molecule has 0 atom stereocenters. The highest BCUT2D eigenvalue weighted by Crippen LogP contribution is 2.19. The Labute approximate surface area is 69.0 Å². The second-order valence-electron chi connectivity index (χ2n) is 2.63. The third-order valence-corrected chi connectivity index (χ3v) is 1.75. The maximum absolute atomic E-state index is 12.4. The molecule has 62 valence electrons. The van der Waals surface area contributed by atoms with Crippen molar-refractivity contribution in [3.63, 3.8) is 0 Å². The molecule has 0 saturated carbocycles. The molecule has 0 N–H and O–H groups in total. The third-order valence-electron chi connectivity index (χ3n) is 1.75. The number of fused-ring (bicyclic) bond motifs is 1. The van der Waals surface area contributed by atoms with Gasteiger partial charge in [-0.2, -0.15) is 0 Å². The van der Waals surface area contributed by atoms with Gasteiger partial charge in [-0.15, -0.1) is 0 Å². The van der Waals surface area contributed by atoms with E-state index in [0.29, 0.717) is 17.0 Å². The molecule has 0 aliphatic heterocycles. The van der Waals surface area contributed by atoms with Gasteiger partial charge in [0.25, 0.3) is 0 Å². The summed E-state index contributed by atoms with van der Waals surface area (Å²) in [5.41, 5.74) is 1.85. The summed E-state index contributed by atoms with van der Waals surface area (Å²) in [6.45, 7) is 1.24. The van der Waals surface area contributed by atoms with Crippen molar-refractivity contribution in [2.45, 2.75) is 13.6 Å². The summed E-state index contributed by atoms with van der Waals surface area (Å²) in [5, 5.41) is 0. The number of benzene rings is 1. The molecule has 2 rings (SSSR count). The molecule has 0 amide bonds. The lowest BCUT2D eigenvalue weighted by Crippen LogP contribution is -1.77. The second kappa shape index (κ2) is 2.59. The van der Waals surface area contributed by atoms with Gasteiger partial charge < -0.3 is 4.42 Å². The van der Waals surface area contributed by atoms with E-state index in [2.05, 4.69) is 4.98 Å². The van der Waals surface area contributed by atoms with Gasteiger partial charge in [-0.1, -0.05) is 12.1 Å². The van der Waals surface area contributed by atoms with Crippen molar-refractivity contribution in [2.75, 3.05) is 0 Å². The second-order valence-corrected chi connectivity index (χ2v) is 2.63. The minimum Gasteiger partial charge on any atom is -0.441 e. The van der Waals surface area contributed by atoms with E-state index in [1.54, 1.807) is 19.1 Å². The van der Waals surface area contributed by atoms with E-state index < -0.39 is 6.67 Å². The number of hydrogen-bond acceptors (Lipinski definition) is 2. The predicted octanol–water partition coefficient (Wildman–Crippen LogP) is 2.61. The minimum atomic E-state index is -0.508. The average Bonchev–Trinajstić information content (AvgIpc) is 2.44. The average molecular weight is 165 g/mol. The number of halogens is 1. The van der Waals surface area contributed by atoms with Crippen LogP contribution in [0.5, 0.6) is 0 Å². The summed E-state index contributed by atoms with van der Waals surface area (Å²) in [7, 11) is 0. The Morgan fingerprint density at radius 3 is 3.08 bits per heavy atom. The highest BCUT2D eigenvalue weighted by atomic mass is 19.1. The summed E-state index contributed by atoms with van der Waals surface area (Å²) in [6.07, 6.45) is 0. The number of oxazole rings is 1. The lowest BCUT2D eigenvalue weighted by Gasteiger charge is -1.92. The predicted molar refractivity (Wildman–Crippen MR) is 43.6 cm³/mol. The number of hydrogen-bond donors (Lipinski definition) is 0. The topological polar surface area (TPSA) is 26.0 Å². The van der Waals surface area contributed by atoms with E-state index in [9.17, 15) is 4.39 Å². The first-order chi connectivity index (χ1) is 5.81. The summed E-state index contributed by atoms with van der Waals surface area (Å²) in [5.74, 6) is 0.575. The van der Waals surface area contributed by atoms with Gasteiger partial charge in [-0.25, -0.2) is 9.37 Å². The van der Waals surface area contributed by atoms with Gasteiger partial charge in [0.05, 0.1) is 0 Å². The molecule has 0 radical (unpaired) electrons. The molecule has 12 heavy (non-hydrogen) atoms. The Bertz CT molecular complexity index is 408. The fourth-order valence-electron chi connectivity index (χ4n) is 1.22. The molecule has 1 heterocycles. The SMILES string of the molecule is Cc1nc2cccc(CF)c2o1. The Morgan fingerprint density at radius 2 is 2.33 bits per heavy atom. The molecule has 0 unspecified atom stereocenters. The van der Waals surface area contributed by atoms with E-state index in [4.69, 9.17) is 4.42 Å². The summed E-state index contributed by atoms with van der Waals surface area (Å²) >= 11 is 0. The molecule has 0 aliphatic rings. The van der Waals surface area contributed by atoms with Crippen molar-refractivity contribution < 1.29 is 8.81 Å². The van der Waals surface area contributed by atoms with Crippen LogP contribution in [-0.2, 0) is 6.67 Å². The van der Waals surface area contributed by atoms with Crippen LogP contribution in [0.1, 0.15) is 11.5 Å². The highest BCUT2D eigenvalue weighted by molar-refractivity contribution is 5.76. The van der Waals surface area contributed by atoms with E-state index in [1.165, 1.54) is 0 Å². The summed E-state index contributed by atoms with van der Waals surface area (Å²) in [4.78, 5) is 4.09. The van der Waals surface area contributed by atoms with Crippen molar-refractivity contribution in [2.24, 2.45) is 0 Å². The lowest BCUT2D eigenvalue weighted by molar-refractivity contribution is 0.477. The maximum Gasteiger partial charge on any atom is 0.192 e. The van der Waals surface area contributed by atoms with Crippen molar-refractivity contribution in [1.29, 1.82) is 0 Å². The zero-order valence-electron chi connectivity index (χ0n) is 6.67. The lowest BCUT2D eigenvalue weighted by atomic mass is 10.2. The number of aromatic nitrogens is 1. The van der Waals surface area contributed by atoms with Crippen LogP contribution in [0, 0.1) is 6.92 Å². The third kappa shape index (κ3) is 0.978. The van der Waals surface area contributed by atoms with Crippen molar-refractivity contribution in [3.05, 3.63) is 29.7 Å². The van der Waals surface area contributed by atoms with Crippen LogP contribution in [0.25, 0.3) is 11.1 Å². The largest absolute Gasteiger partial charge is 0.441 e. The maximum atomic E-state index is 12.4. The first-order valence-electron chi connectivity index (χ1n) is 3.72. The Morgan fingerprint density at radius 1 is 1.50 bits per heavy atom. The quantitative estimate of drug-likeness (QED) is 0.649. The molecule has 0 spiro atoms. The van der Waals surface area contributed by atoms with Crippen LogP contribution in [-0.4, -0.2) is 4.98 Å². The number of aryl methyl sites for hydroxylation is 1. The zero-order valence-corrected chi connectivity index (χ0v) is 6.67. The van der Waals surface area contributed by atoms with Crippen LogP contribution in [0.2, 0.25) is 0 Å². The van der Waals surface area contributed by atoms with Gasteiger partial charge in [0.1, 0.15) is 12.2 Å². The van der Waals surface area contributed by atoms with Gasteiger partial charge in [-0.05, 0) is 6.07 Å². The molecule has 0 fully saturated rings. The molecular weight excluding hydrogens is 157 g/mol. The molecule has 0 saturated heterocycles. The van der Waals surface area contributed by atoms with Crippen LogP contribution in [0.15, 0.2) is 22.6 Å². The molecule has 2 nitrogen and oxygen atoms in total. The number of alkyl halides is 1.